The third kappa shape index (κ3) is 4.93. The molecule has 8 nitrogen and oxygen atoms in total. The van der Waals surface area contributed by atoms with Crippen molar-refractivity contribution in [2.75, 3.05) is 17.5 Å². The smallest absolute Gasteiger partial charge is 0.263 e. The van der Waals surface area contributed by atoms with Crippen LogP contribution in [0.2, 0.25) is 0 Å². The lowest BCUT2D eigenvalue weighted by Gasteiger charge is -2.36. The van der Waals surface area contributed by atoms with Crippen LogP contribution in [0, 0.1) is 12.7 Å². The molecule has 2 unspecified atom stereocenters. The van der Waals surface area contributed by atoms with E-state index in [-0.39, 0.29) is 28.9 Å². The van der Waals surface area contributed by atoms with Crippen LogP contribution in [0.3, 0.4) is 0 Å². The number of rotatable bonds is 7. The number of alkyl halides is 2. The van der Waals surface area contributed by atoms with E-state index in [2.05, 4.69) is 15.0 Å². The molecule has 2 aromatic heterocycles. The quantitative estimate of drug-likeness (QED) is 0.255. The molecule has 0 aliphatic heterocycles. The molecule has 2 atom stereocenters. The Bertz CT molecular complexity index is 1750. The zero-order valence-electron chi connectivity index (χ0n) is 22.7. The second kappa shape index (κ2) is 10.0. The molecule has 2 aliphatic rings. The van der Waals surface area contributed by atoms with Crippen LogP contribution >= 0.6 is 0 Å². The van der Waals surface area contributed by atoms with E-state index in [0.717, 1.165) is 12.8 Å². The summed E-state index contributed by atoms with van der Waals surface area (Å²) in [6.45, 7) is 1.66. The Morgan fingerprint density at radius 1 is 1.10 bits per heavy atom. The molecule has 0 amide bonds. The van der Waals surface area contributed by atoms with E-state index in [1.165, 1.54) is 18.2 Å². The Balaban J connectivity index is 1.41. The molecule has 0 saturated heterocycles. The molecule has 4 N–H and O–H groups in total. The predicted octanol–water partition coefficient (Wildman–Crippen LogP) is 5.75. The molecule has 6 rings (SSSR count). The number of halogens is 3. The molecule has 12 heteroatoms. The summed E-state index contributed by atoms with van der Waals surface area (Å²) in [6, 6.07) is 9.75. The molecule has 0 bridgehead atoms. The van der Waals surface area contributed by atoms with E-state index in [9.17, 15) is 17.2 Å². The molecule has 0 radical (unpaired) electrons. The average molecular weight is 585 g/mol. The fraction of sp³-hybridized carbons (Fsp3) is 0.379. The molecule has 0 spiro atoms. The normalized spacial score (nSPS) is 20.8. The lowest BCUT2D eigenvalue weighted by Crippen LogP contribution is -2.47. The van der Waals surface area contributed by atoms with Crippen molar-refractivity contribution in [3.05, 3.63) is 65.6 Å². The molecular weight excluding hydrogens is 553 g/mol. The number of nitrogens with zero attached hydrogens (tertiary/aromatic N) is 3. The number of anilines is 2. The maximum Gasteiger partial charge on any atom is 0.263 e. The van der Waals surface area contributed by atoms with Crippen LogP contribution in [-0.2, 0) is 10.0 Å². The van der Waals surface area contributed by atoms with Crippen LogP contribution in [0.25, 0.3) is 22.2 Å². The Hall–Kier alpha value is -3.64. The van der Waals surface area contributed by atoms with Crippen molar-refractivity contribution in [2.45, 2.75) is 67.8 Å². The number of hydrogen-bond donors (Lipinski definition) is 3. The zero-order chi connectivity index (χ0) is 29.1. The number of hydrogen-bond acceptors (Lipinski definition) is 6. The average Bonchev–Trinajstić information content (AvgIpc) is 3.69. The molecule has 41 heavy (non-hydrogen) atoms. The van der Waals surface area contributed by atoms with E-state index in [4.69, 9.17) is 10.8 Å². The first-order chi connectivity index (χ1) is 19.5. The van der Waals surface area contributed by atoms with Gasteiger partial charge in [-0.2, -0.15) is 5.10 Å². The van der Waals surface area contributed by atoms with Crippen molar-refractivity contribution in [1.29, 1.82) is 0 Å². The molecular formula is C29H31F3N6O2S. The van der Waals surface area contributed by atoms with Crippen LogP contribution in [-0.4, -0.2) is 42.2 Å². The first kappa shape index (κ1) is 27.5. The maximum absolute atomic E-state index is 15.4. The van der Waals surface area contributed by atoms with Gasteiger partial charge in [-0.3, -0.25) is 9.40 Å². The number of nitrogen functional groups attached to an aromatic ring is 1. The minimum atomic E-state index is -4.02. The number of pyridine rings is 1. The lowest BCUT2D eigenvalue weighted by molar-refractivity contribution is -0.0677. The zero-order valence-corrected chi connectivity index (χ0v) is 23.5. The van der Waals surface area contributed by atoms with Crippen LogP contribution in [0.1, 0.15) is 55.2 Å². The van der Waals surface area contributed by atoms with Gasteiger partial charge in [0.05, 0.1) is 33.6 Å². The third-order valence-electron chi connectivity index (χ3n) is 8.17. The number of aromatic nitrogens is 3. The third-order valence-corrected chi connectivity index (χ3v) is 9.69. The van der Waals surface area contributed by atoms with Gasteiger partial charge in [-0.1, -0.05) is 24.3 Å². The minimum Gasteiger partial charge on any atom is -0.383 e. The van der Waals surface area contributed by atoms with Crippen LogP contribution in [0.5, 0.6) is 0 Å². The second-order valence-corrected chi connectivity index (χ2v) is 12.6. The number of nitrogens with one attached hydrogen (secondary N) is 2. The Labute approximate surface area is 236 Å². The van der Waals surface area contributed by atoms with Gasteiger partial charge in [0, 0.05) is 18.2 Å². The minimum absolute atomic E-state index is 0.0540. The van der Waals surface area contributed by atoms with Crippen molar-refractivity contribution < 1.29 is 21.6 Å². The fourth-order valence-corrected chi connectivity index (χ4v) is 7.19. The van der Waals surface area contributed by atoms with Gasteiger partial charge in [0.25, 0.3) is 15.9 Å². The standard InChI is InChI=1S/C29H31F3N6O2S/c1-16-5-3-4-6-23(16)41(39,40)37-22-11-7-17(13-21(22)30)26-25-27(38(36-26)19-9-10-19)20(15-35-28(25)33)18-8-12-24(34-2)29(31,32)14-18/h3-7,11,13,15,18-19,24,34,37H,8-10,12,14H2,1-2H3,(H2,33,35). The summed E-state index contributed by atoms with van der Waals surface area (Å²) in [5, 5.41) is 8.02. The molecule has 2 heterocycles. The number of aryl methyl sites for hydroxylation is 1. The first-order valence-electron chi connectivity index (χ1n) is 13.6. The summed E-state index contributed by atoms with van der Waals surface area (Å²) in [7, 11) is -2.47. The molecule has 4 aromatic rings. The van der Waals surface area contributed by atoms with Crippen molar-refractivity contribution in [3.63, 3.8) is 0 Å². The maximum atomic E-state index is 15.4. The van der Waals surface area contributed by atoms with Gasteiger partial charge >= 0.3 is 0 Å². The number of sulfonamides is 1. The van der Waals surface area contributed by atoms with Gasteiger partial charge in [-0.25, -0.2) is 26.6 Å². The summed E-state index contributed by atoms with van der Waals surface area (Å²) >= 11 is 0. The Kier molecular flexibility index (Phi) is 6.73. The van der Waals surface area contributed by atoms with Crippen molar-refractivity contribution >= 4 is 32.4 Å². The van der Waals surface area contributed by atoms with Crippen LogP contribution in [0.15, 0.2) is 53.6 Å². The highest BCUT2D eigenvalue weighted by molar-refractivity contribution is 7.92. The van der Waals surface area contributed by atoms with E-state index in [1.807, 2.05) is 4.68 Å². The first-order valence-corrected chi connectivity index (χ1v) is 15.1. The van der Waals surface area contributed by atoms with Gasteiger partial charge in [-0.05, 0) is 74.9 Å². The highest BCUT2D eigenvalue weighted by Gasteiger charge is 2.45. The monoisotopic (exact) mass is 584 g/mol. The van der Waals surface area contributed by atoms with Gasteiger partial charge < -0.3 is 11.1 Å². The summed E-state index contributed by atoms with van der Waals surface area (Å²) in [6.07, 6.45) is 3.89. The van der Waals surface area contributed by atoms with Gasteiger partial charge in [-0.15, -0.1) is 0 Å². The summed E-state index contributed by atoms with van der Waals surface area (Å²) < 4.78 is 75.3. The number of nitrogens with two attached hydrogens (primary N) is 1. The predicted molar refractivity (Wildman–Crippen MR) is 152 cm³/mol. The van der Waals surface area contributed by atoms with E-state index >= 15 is 4.39 Å². The molecule has 2 saturated carbocycles. The fourth-order valence-electron chi connectivity index (χ4n) is 5.88. The van der Waals surface area contributed by atoms with E-state index in [1.54, 1.807) is 44.4 Å². The SMILES string of the molecule is CNC1CCC(c2cnc(N)c3c(-c4ccc(NS(=O)(=O)c5ccccc5C)c(F)c4)nn(C4CC4)c23)CC1(F)F. The highest BCUT2D eigenvalue weighted by atomic mass is 32.2. The van der Waals surface area contributed by atoms with Crippen molar-refractivity contribution in [1.82, 2.24) is 20.1 Å². The topological polar surface area (TPSA) is 115 Å². The van der Waals surface area contributed by atoms with E-state index < -0.39 is 33.7 Å². The van der Waals surface area contributed by atoms with Gasteiger partial charge in [0.1, 0.15) is 17.3 Å². The van der Waals surface area contributed by atoms with Crippen LogP contribution in [0.4, 0.5) is 24.7 Å². The van der Waals surface area contributed by atoms with Crippen molar-refractivity contribution in [2.24, 2.45) is 0 Å². The summed E-state index contributed by atoms with van der Waals surface area (Å²) in [5.74, 6) is -3.95. The largest absolute Gasteiger partial charge is 0.383 e. The Morgan fingerprint density at radius 3 is 2.51 bits per heavy atom. The molecule has 2 fully saturated rings. The van der Waals surface area contributed by atoms with E-state index in [0.29, 0.717) is 46.1 Å². The number of fused-ring (bicyclic) bond motifs is 1. The van der Waals surface area contributed by atoms with Crippen molar-refractivity contribution in [3.8, 4) is 11.3 Å². The number of benzene rings is 2. The molecule has 2 aliphatic carbocycles. The molecule has 216 valence electrons. The van der Waals surface area contributed by atoms with Gasteiger partial charge in [0.2, 0.25) is 0 Å². The Morgan fingerprint density at radius 2 is 1.85 bits per heavy atom. The second-order valence-electron chi connectivity index (χ2n) is 11.0. The van der Waals surface area contributed by atoms with Crippen LogP contribution < -0.4 is 15.8 Å². The molecule has 2 aromatic carbocycles. The highest BCUT2D eigenvalue weighted by Crippen LogP contribution is 2.47. The van der Waals surface area contributed by atoms with Gasteiger partial charge in [0.15, 0.2) is 0 Å². The summed E-state index contributed by atoms with van der Waals surface area (Å²) in [5.41, 5.74) is 8.74. The lowest BCUT2D eigenvalue weighted by atomic mass is 9.79. The summed E-state index contributed by atoms with van der Waals surface area (Å²) in [4.78, 5) is 4.41.